The summed E-state index contributed by atoms with van der Waals surface area (Å²) in [5, 5.41) is 11.0. The number of rotatable bonds is 4. The molecule has 0 aliphatic rings. The van der Waals surface area contributed by atoms with Gasteiger partial charge in [-0.2, -0.15) is 0 Å². The monoisotopic (exact) mass is 244 g/mol. The standard InChI is InChI=1S/C15H16O3/c1-10(7-15(16)17)11-3-4-13-9-14(18-2)6-5-12(13)8-11/h3-6,8-10H,7H2,1-2H3,(H,16,17). The molecule has 3 heteroatoms. The fourth-order valence-corrected chi connectivity index (χ4v) is 2.06. The molecule has 0 amide bonds. The van der Waals surface area contributed by atoms with Crippen LogP contribution in [0.1, 0.15) is 24.8 Å². The van der Waals surface area contributed by atoms with E-state index >= 15 is 0 Å². The topological polar surface area (TPSA) is 46.5 Å². The smallest absolute Gasteiger partial charge is 0.303 e. The maximum Gasteiger partial charge on any atom is 0.303 e. The van der Waals surface area contributed by atoms with Crippen LogP contribution >= 0.6 is 0 Å². The molecule has 0 heterocycles. The third-order valence-corrected chi connectivity index (χ3v) is 3.12. The van der Waals surface area contributed by atoms with Gasteiger partial charge in [-0.05, 0) is 34.4 Å². The molecule has 18 heavy (non-hydrogen) atoms. The van der Waals surface area contributed by atoms with Gasteiger partial charge < -0.3 is 9.84 Å². The van der Waals surface area contributed by atoms with Crippen molar-refractivity contribution in [2.75, 3.05) is 7.11 Å². The summed E-state index contributed by atoms with van der Waals surface area (Å²) in [7, 11) is 1.64. The molecule has 0 aliphatic heterocycles. The van der Waals surface area contributed by atoms with Gasteiger partial charge in [-0.25, -0.2) is 0 Å². The Morgan fingerprint density at radius 1 is 1.22 bits per heavy atom. The molecule has 94 valence electrons. The van der Waals surface area contributed by atoms with Crippen LogP contribution in [0.5, 0.6) is 5.75 Å². The van der Waals surface area contributed by atoms with Crippen LogP contribution in [0.4, 0.5) is 0 Å². The first-order valence-electron chi connectivity index (χ1n) is 5.89. The van der Waals surface area contributed by atoms with E-state index < -0.39 is 5.97 Å². The molecule has 2 aromatic carbocycles. The fraction of sp³-hybridized carbons (Fsp3) is 0.267. The summed E-state index contributed by atoms with van der Waals surface area (Å²) < 4.78 is 5.17. The average Bonchev–Trinajstić information content (AvgIpc) is 2.36. The number of ether oxygens (including phenoxy) is 1. The van der Waals surface area contributed by atoms with Crippen molar-refractivity contribution in [2.24, 2.45) is 0 Å². The van der Waals surface area contributed by atoms with Gasteiger partial charge in [0.25, 0.3) is 0 Å². The number of carbonyl (C=O) groups is 1. The van der Waals surface area contributed by atoms with Gasteiger partial charge >= 0.3 is 5.97 Å². The van der Waals surface area contributed by atoms with Crippen LogP contribution in [0.3, 0.4) is 0 Å². The Kier molecular flexibility index (Phi) is 3.51. The van der Waals surface area contributed by atoms with Crippen molar-refractivity contribution in [1.82, 2.24) is 0 Å². The van der Waals surface area contributed by atoms with Gasteiger partial charge in [-0.3, -0.25) is 4.79 Å². The molecular formula is C15H16O3. The number of hydrogen-bond donors (Lipinski definition) is 1. The van der Waals surface area contributed by atoms with E-state index in [9.17, 15) is 4.79 Å². The minimum atomic E-state index is -0.766. The van der Waals surface area contributed by atoms with Crippen LogP contribution in [-0.4, -0.2) is 18.2 Å². The lowest BCUT2D eigenvalue weighted by molar-refractivity contribution is -0.137. The van der Waals surface area contributed by atoms with Crippen molar-refractivity contribution in [2.45, 2.75) is 19.3 Å². The zero-order chi connectivity index (χ0) is 13.1. The summed E-state index contributed by atoms with van der Waals surface area (Å²) in [6.45, 7) is 1.93. The van der Waals surface area contributed by atoms with E-state index in [2.05, 4.69) is 0 Å². The molecule has 0 fully saturated rings. The largest absolute Gasteiger partial charge is 0.497 e. The molecule has 0 saturated heterocycles. The van der Waals surface area contributed by atoms with Crippen molar-refractivity contribution >= 4 is 16.7 Å². The van der Waals surface area contributed by atoms with E-state index in [1.807, 2.05) is 43.3 Å². The molecule has 0 aliphatic carbocycles. The van der Waals surface area contributed by atoms with Crippen LogP contribution < -0.4 is 4.74 Å². The number of aliphatic carboxylic acids is 1. The third kappa shape index (κ3) is 2.62. The highest BCUT2D eigenvalue weighted by molar-refractivity contribution is 5.84. The molecule has 0 radical (unpaired) electrons. The highest BCUT2D eigenvalue weighted by Crippen LogP contribution is 2.26. The molecule has 1 N–H and O–H groups in total. The number of carboxylic acids is 1. The Bertz CT molecular complexity index is 575. The van der Waals surface area contributed by atoms with Crippen LogP contribution in [0, 0.1) is 0 Å². The summed E-state index contributed by atoms with van der Waals surface area (Å²) in [4.78, 5) is 10.7. The van der Waals surface area contributed by atoms with Crippen LogP contribution in [-0.2, 0) is 4.79 Å². The second kappa shape index (κ2) is 5.08. The third-order valence-electron chi connectivity index (χ3n) is 3.12. The van der Waals surface area contributed by atoms with Crippen molar-refractivity contribution in [1.29, 1.82) is 0 Å². The second-order valence-electron chi connectivity index (χ2n) is 4.47. The highest BCUT2D eigenvalue weighted by Gasteiger charge is 2.10. The van der Waals surface area contributed by atoms with Gasteiger partial charge in [-0.1, -0.05) is 31.2 Å². The molecule has 3 nitrogen and oxygen atoms in total. The first-order valence-corrected chi connectivity index (χ1v) is 5.89. The Morgan fingerprint density at radius 2 is 1.89 bits per heavy atom. The number of hydrogen-bond acceptors (Lipinski definition) is 2. The zero-order valence-electron chi connectivity index (χ0n) is 10.5. The second-order valence-corrected chi connectivity index (χ2v) is 4.47. The highest BCUT2D eigenvalue weighted by atomic mass is 16.5. The molecule has 0 bridgehead atoms. The molecule has 2 aromatic rings. The summed E-state index contributed by atoms with van der Waals surface area (Å²) in [5.74, 6) is 0.0835. The summed E-state index contributed by atoms with van der Waals surface area (Å²) in [5.41, 5.74) is 1.05. The predicted molar refractivity (Wildman–Crippen MR) is 71.2 cm³/mol. The van der Waals surface area contributed by atoms with Gasteiger partial charge in [0, 0.05) is 0 Å². The summed E-state index contributed by atoms with van der Waals surface area (Å²) in [6, 6.07) is 11.9. The van der Waals surface area contributed by atoms with Crippen molar-refractivity contribution in [3.63, 3.8) is 0 Å². The van der Waals surface area contributed by atoms with Gasteiger partial charge in [0.15, 0.2) is 0 Å². The normalized spacial score (nSPS) is 12.3. The molecule has 1 atom stereocenters. The Labute approximate surface area is 106 Å². The summed E-state index contributed by atoms with van der Waals surface area (Å²) >= 11 is 0. The molecule has 1 unspecified atom stereocenters. The van der Waals surface area contributed by atoms with Gasteiger partial charge in [-0.15, -0.1) is 0 Å². The zero-order valence-corrected chi connectivity index (χ0v) is 10.5. The van der Waals surface area contributed by atoms with Crippen molar-refractivity contribution in [3.8, 4) is 5.75 Å². The molecule has 0 aromatic heterocycles. The first-order chi connectivity index (χ1) is 8.60. The van der Waals surface area contributed by atoms with Gasteiger partial charge in [0.2, 0.25) is 0 Å². The SMILES string of the molecule is COc1ccc2cc(C(C)CC(=O)O)ccc2c1. The summed E-state index contributed by atoms with van der Waals surface area (Å²) in [6.07, 6.45) is 0.154. The maximum atomic E-state index is 10.7. The quantitative estimate of drug-likeness (QED) is 0.896. The fourth-order valence-electron chi connectivity index (χ4n) is 2.06. The van der Waals surface area contributed by atoms with E-state index in [0.29, 0.717) is 0 Å². The van der Waals surface area contributed by atoms with Crippen LogP contribution in [0.2, 0.25) is 0 Å². The Balaban J connectivity index is 2.35. The number of benzene rings is 2. The van der Waals surface area contributed by atoms with Crippen LogP contribution in [0.15, 0.2) is 36.4 Å². The number of carboxylic acid groups (broad SMARTS) is 1. The number of methoxy groups -OCH3 is 1. The lowest BCUT2D eigenvalue weighted by Gasteiger charge is -2.10. The van der Waals surface area contributed by atoms with E-state index in [-0.39, 0.29) is 12.3 Å². The predicted octanol–water partition coefficient (Wildman–Crippen LogP) is 3.43. The maximum absolute atomic E-state index is 10.7. The lowest BCUT2D eigenvalue weighted by atomic mass is 9.95. The minimum absolute atomic E-state index is 0.0222. The Hall–Kier alpha value is -2.03. The molecule has 2 rings (SSSR count). The number of fused-ring (bicyclic) bond motifs is 1. The lowest BCUT2D eigenvalue weighted by Crippen LogP contribution is -2.02. The van der Waals surface area contributed by atoms with Crippen LogP contribution in [0.25, 0.3) is 10.8 Å². The first kappa shape index (κ1) is 12.4. The van der Waals surface area contributed by atoms with Crippen molar-refractivity contribution in [3.05, 3.63) is 42.0 Å². The van der Waals surface area contributed by atoms with Gasteiger partial charge in [0.05, 0.1) is 13.5 Å². The minimum Gasteiger partial charge on any atom is -0.497 e. The molecule has 0 saturated carbocycles. The molecular weight excluding hydrogens is 228 g/mol. The molecule has 0 spiro atoms. The van der Waals surface area contributed by atoms with Crippen molar-refractivity contribution < 1.29 is 14.6 Å². The van der Waals surface area contributed by atoms with E-state index in [1.165, 1.54) is 0 Å². The van der Waals surface area contributed by atoms with E-state index in [4.69, 9.17) is 9.84 Å². The van der Waals surface area contributed by atoms with E-state index in [0.717, 1.165) is 22.1 Å². The van der Waals surface area contributed by atoms with Gasteiger partial charge in [0.1, 0.15) is 5.75 Å². The Morgan fingerprint density at radius 3 is 2.56 bits per heavy atom. The van der Waals surface area contributed by atoms with E-state index in [1.54, 1.807) is 7.11 Å². The average molecular weight is 244 g/mol.